The summed E-state index contributed by atoms with van der Waals surface area (Å²) in [5.41, 5.74) is 0. The molecule has 0 fully saturated rings. The smallest absolute Gasteiger partial charge is 0.303 e. The van der Waals surface area contributed by atoms with E-state index in [4.69, 9.17) is 14.2 Å². The molecule has 1 amide bonds. The fraction of sp³-hybridized carbons (Fsp3) is 0.643. The molecule has 0 saturated heterocycles. The molecule has 0 aliphatic rings. The third-order valence-electron chi connectivity index (χ3n) is 2.61. The number of aldehydes is 1. The molecule has 9 nitrogen and oxygen atoms in total. The topological polar surface area (TPSA) is 125 Å². The van der Waals surface area contributed by atoms with Gasteiger partial charge in [0.05, 0.1) is 0 Å². The maximum absolute atomic E-state index is 11.3. The van der Waals surface area contributed by atoms with E-state index in [0.717, 1.165) is 27.7 Å². The van der Waals surface area contributed by atoms with Crippen LogP contribution in [0.5, 0.6) is 0 Å². The zero-order valence-electron chi connectivity index (χ0n) is 13.7. The van der Waals surface area contributed by atoms with Crippen LogP contribution in [0.3, 0.4) is 0 Å². The number of nitrogens with one attached hydrogen (secondary N) is 1. The van der Waals surface area contributed by atoms with Crippen molar-refractivity contribution in [3.05, 3.63) is 0 Å². The van der Waals surface area contributed by atoms with Crippen LogP contribution in [0.15, 0.2) is 0 Å². The maximum atomic E-state index is 11.3. The van der Waals surface area contributed by atoms with Crippen molar-refractivity contribution >= 4 is 30.1 Å². The molecule has 1 N–H and O–H groups in total. The Morgan fingerprint density at radius 1 is 0.826 bits per heavy atom. The number of ether oxygens (including phenoxy) is 3. The Morgan fingerprint density at radius 3 is 1.61 bits per heavy atom. The van der Waals surface area contributed by atoms with E-state index in [-0.39, 0.29) is 0 Å². The summed E-state index contributed by atoms with van der Waals surface area (Å²) in [6.45, 7) is 5.91. The first-order valence-corrected chi connectivity index (χ1v) is 6.82. The lowest BCUT2D eigenvalue weighted by Crippen LogP contribution is -2.55. The molecule has 0 heterocycles. The van der Waals surface area contributed by atoms with Crippen molar-refractivity contribution in [2.24, 2.45) is 0 Å². The zero-order chi connectivity index (χ0) is 18.2. The van der Waals surface area contributed by atoms with Gasteiger partial charge in [0.1, 0.15) is 18.4 Å². The standard InChI is InChI=1S/C14H21NO8/c1-7(21-9(3)18)13(22-10(4)19)14(23-11(5)20)12(6-16)15-8(2)17/h6-7,12-14H,1-5H3,(H,15,17)/t7-,12+,13+,14-/m1/s1. The van der Waals surface area contributed by atoms with E-state index in [0.29, 0.717) is 6.29 Å². The predicted molar refractivity (Wildman–Crippen MR) is 76.0 cm³/mol. The second kappa shape index (κ2) is 9.54. The highest BCUT2D eigenvalue weighted by Gasteiger charge is 2.40. The lowest BCUT2D eigenvalue weighted by Gasteiger charge is -2.33. The van der Waals surface area contributed by atoms with Gasteiger partial charge in [-0.25, -0.2) is 0 Å². The van der Waals surface area contributed by atoms with Crippen molar-refractivity contribution in [1.29, 1.82) is 0 Å². The van der Waals surface area contributed by atoms with Crippen LogP contribution in [0.1, 0.15) is 34.6 Å². The molecule has 0 saturated carbocycles. The summed E-state index contributed by atoms with van der Waals surface area (Å²) in [4.78, 5) is 56.1. The molecule has 0 aromatic heterocycles. The van der Waals surface area contributed by atoms with E-state index < -0.39 is 48.2 Å². The Kier molecular flexibility index (Phi) is 8.53. The highest BCUT2D eigenvalue weighted by molar-refractivity contribution is 5.78. The number of hydrogen-bond donors (Lipinski definition) is 1. The van der Waals surface area contributed by atoms with Crippen molar-refractivity contribution < 1.29 is 38.2 Å². The van der Waals surface area contributed by atoms with E-state index in [1.807, 2.05) is 0 Å². The number of hydrogen-bond acceptors (Lipinski definition) is 8. The van der Waals surface area contributed by atoms with Gasteiger partial charge in [0, 0.05) is 27.7 Å². The molecule has 0 radical (unpaired) electrons. The van der Waals surface area contributed by atoms with Gasteiger partial charge in [-0.3, -0.25) is 19.2 Å². The van der Waals surface area contributed by atoms with Crippen LogP contribution in [0, 0.1) is 0 Å². The van der Waals surface area contributed by atoms with E-state index >= 15 is 0 Å². The van der Waals surface area contributed by atoms with Crippen LogP contribution in [0.2, 0.25) is 0 Å². The zero-order valence-corrected chi connectivity index (χ0v) is 13.7. The van der Waals surface area contributed by atoms with E-state index in [1.165, 1.54) is 6.92 Å². The molecule has 0 rings (SSSR count). The quantitative estimate of drug-likeness (QED) is 0.359. The number of amides is 1. The maximum Gasteiger partial charge on any atom is 0.303 e. The van der Waals surface area contributed by atoms with Crippen LogP contribution >= 0.6 is 0 Å². The molecular weight excluding hydrogens is 310 g/mol. The summed E-state index contributed by atoms with van der Waals surface area (Å²) in [5.74, 6) is -2.71. The van der Waals surface area contributed by atoms with Crippen LogP contribution in [0.25, 0.3) is 0 Å². The monoisotopic (exact) mass is 331 g/mol. The lowest BCUT2D eigenvalue weighted by atomic mass is 10.0. The summed E-state index contributed by atoms with van der Waals surface area (Å²) in [6.07, 6.45) is -3.31. The number of carbonyl (C=O) groups excluding carboxylic acids is 5. The Morgan fingerprint density at radius 2 is 1.26 bits per heavy atom. The number of carbonyl (C=O) groups is 5. The van der Waals surface area contributed by atoms with Crippen molar-refractivity contribution in [1.82, 2.24) is 5.32 Å². The predicted octanol–water partition coefficient (Wildman–Crippen LogP) is -0.495. The van der Waals surface area contributed by atoms with Gasteiger partial charge in [0.2, 0.25) is 5.91 Å². The minimum atomic E-state index is -1.35. The van der Waals surface area contributed by atoms with Crippen LogP contribution < -0.4 is 5.32 Å². The Balaban J connectivity index is 5.62. The Labute approximate surface area is 133 Å². The van der Waals surface area contributed by atoms with Crippen molar-refractivity contribution in [2.75, 3.05) is 0 Å². The molecule has 0 aliphatic carbocycles. The Hall–Kier alpha value is -2.45. The van der Waals surface area contributed by atoms with Crippen LogP contribution in [-0.4, -0.2) is 54.5 Å². The van der Waals surface area contributed by atoms with Gasteiger partial charge in [-0.05, 0) is 6.92 Å². The molecule has 0 unspecified atom stereocenters. The van der Waals surface area contributed by atoms with Gasteiger partial charge in [-0.1, -0.05) is 0 Å². The summed E-state index contributed by atoms with van der Waals surface area (Å²) in [5, 5.41) is 2.28. The SMILES string of the molecule is CC(=O)N[C@@H](C=O)[C@@H](OC(C)=O)[C@@H](OC(C)=O)[C@@H](C)OC(C)=O. The van der Waals surface area contributed by atoms with Crippen molar-refractivity contribution in [3.8, 4) is 0 Å². The fourth-order valence-electron chi connectivity index (χ4n) is 1.92. The first-order chi connectivity index (χ1) is 10.6. The molecule has 0 bridgehead atoms. The highest BCUT2D eigenvalue weighted by Crippen LogP contribution is 2.16. The Bertz CT molecular complexity index is 475. The summed E-state index contributed by atoms with van der Waals surface area (Å²) in [7, 11) is 0. The van der Waals surface area contributed by atoms with Crippen molar-refractivity contribution in [2.45, 2.75) is 59.0 Å². The van der Waals surface area contributed by atoms with E-state index in [2.05, 4.69) is 5.32 Å². The molecule has 0 spiro atoms. The molecule has 0 aromatic rings. The second-order valence-corrected chi connectivity index (χ2v) is 4.83. The average Bonchev–Trinajstić information content (AvgIpc) is 2.38. The first-order valence-electron chi connectivity index (χ1n) is 6.82. The molecular formula is C14H21NO8. The minimum absolute atomic E-state index is 0.339. The third-order valence-corrected chi connectivity index (χ3v) is 2.61. The fourth-order valence-corrected chi connectivity index (χ4v) is 1.92. The number of rotatable bonds is 8. The van der Waals surface area contributed by atoms with Crippen molar-refractivity contribution in [3.63, 3.8) is 0 Å². The average molecular weight is 331 g/mol. The first kappa shape index (κ1) is 20.6. The van der Waals surface area contributed by atoms with Gasteiger partial charge in [-0.15, -0.1) is 0 Å². The van der Waals surface area contributed by atoms with Gasteiger partial charge in [-0.2, -0.15) is 0 Å². The van der Waals surface area contributed by atoms with Gasteiger partial charge in [0.15, 0.2) is 12.2 Å². The largest absolute Gasteiger partial charge is 0.459 e. The summed E-state index contributed by atoms with van der Waals surface area (Å²) < 4.78 is 15.0. The van der Waals surface area contributed by atoms with Gasteiger partial charge >= 0.3 is 17.9 Å². The second-order valence-electron chi connectivity index (χ2n) is 4.83. The normalized spacial score (nSPS) is 15.3. The van der Waals surface area contributed by atoms with E-state index in [9.17, 15) is 24.0 Å². The van der Waals surface area contributed by atoms with E-state index in [1.54, 1.807) is 0 Å². The lowest BCUT2D eigenvalue weighted by molar-refractivity contribution is -0.184. The van der Waals surface area contributed by atoms with Crippen LogP contribution in [-0.2, 0) is 38.2 Å². The molecule has 4 atom stereocenters. The molecule has 0 aromatic carbocycles. The highest BCUT2D eigenvalue weighted by atomic mass is 16.6. The molecule has 9 heteroatoms. The summed E-state index contributed by atoms with van der Waals surface area (Å²) >= 11 is 0. The van der Waals surface area contributed by atoms with Gasteiger partial charge < -0.3 is 24.3 Å². The third kappa shape index (κ3) is 7.93. The van der Waals surface area contributed by atoms with Crippen LogP contribution in [0.4, 0.5) is 0 Å². The molecule has 130 valence electrons. The molecule has 0 aliphatic heterocycles. The molecule has 23 heavy (non-hydrogen) atoms. The minimum Gasteiger partial charge on any atom is -0.459 e. The number of esters is 3. The van der Waals surface area contributed by atoms with Gasteiger partial charge in [0.25, 0.3) is 0 Å². The summed E-state index contributed by atoms with van der Waals surface area (Å²) in [6, 6.07) is -1.28.